The zero-order chi connectivity index (χ0) is 17.3. The van der Waals surface area contributed by atoms with Gasteiger partial charge >= 0.3 is 0 Å². The van der Waals surface area contributed by atoms with Gasteiger partial charge in [0.2, 0.25) is 5.91 Å². The highest BCUT2D eigenvalue weighted by atomic mass is 35.5. The van der Waals surface area contributed by atoms with E-state index in [9.17, 15) is 4.79 Å². The molecule has 0 unspecified atom stereocenters. The molecule has 0 aromatic heterocycles. The second-order valence-corrected chi connectivity index (χ2v) is 7.67. The monoisotopic (exact) mass is 415 g/mol. The molecule has 0 aliphatic carbocycles. The molecule has 27 heavy (non-hydrogen) atoms. The maximum Gasteiger partial charge on any atom is 0.224 e. The number of hydrogen-bond acceptors (Lipinski definition) is 3. The van der Waals surface area contributed by atoms with E-state index in [4.69, 9.17) is 0 Å². The zero-order valence-electron chi connectivity index (χ0n) is 16.3. The van der Waals surface area contributed by atoms with Crippen LogP contribution in [-0.4, -0.2) is 37.0 Å². The van der Waals surface area contributed by atoms with Gasteiger partial charge in [-0.05, 0) is 81.9 Å². The summed E-state index contributed by atoms with van der Waals surface area (Å²) in [5, 5.41) is 6.43. The van der Waals surface area contributed by atoms with Crippen molar-refractivity contribution in [1.29, 1.82) is 0 Å². The first-order valence-electron chi connectivity index (χ1n) is 10.1. The Labute approximate surface area is 176 Å². The molecule has 1 aromatic rings. The van der Waals surface area contributed by atoms with Crippen molar-refractivity contribution in [3.63, 3.8) is 0 Å². The molecule has 2 aliphatic heterocycles. The smallest absolute Gasteiger partial charge is 0.224 e. The zero-order valence-corrected chi connectivity index (χ0v) is 17.9. The van der Waals surface area contributed by atoms with Gasteiger partial charge in [-0.25, -0.2) is 0 Å². The lowest BCUT2D eigenvalue weighted by Gasteiger charge is -2.22. The third kappa shape index (κ3) is 8.82. The molecule has 4 nitrogen and oxygen atoms in total. The van der Waals surface area contributed by atoms with Gasteiger partial charge in [-0.2, -0.15) is 0 Å². The summed E-state index contributed by atoms with van der Waals surface area (Å²) >= 11 is 0. The number of nitrogens with one attached hydrogen (secondary N) is 2. The standard InChI is InChI=1S/C21H33N3O.2ClH/c25-21(10-7-18-11-13-22-14-12-18)23-20-8-5-19(6-9-20)17-24-15-3-1-2-4-16-24;;/h5-6,8-9,18,22H,1-4,7,10-17H2,(H,23,25);2*1H. The van der Waals surface area contributed by atoms with Crippen LogP contribution in [0.5, 0.6) is 0 Å². The number of carbonyl (C=O) groups excluding carboxylic acids is 1. The number of anilines is 1. The minimum Gasteiger partial charge on any atom is -0.326 e. The van der Waals surface area contributed by atoms with Crippen LogP contribution in [0, 0.1) is 5.92 Å². The van der Waals surface area contributed by atoms with E-state index in [2.05, 4.69) is 39.8 Å². The lowest BCUT2D eigenvalue weighted by atomic mass is 9.93. The fourth-order valence-corrected chi connectivity index (χ4v) is 3.98. The molecule has 0 saturated carbocycles. The summed E-state index contributed by atoms with van der Waals surface area (Å²) in [4.78, 5) is 14.7. The summed E-state index contributed by atoms with van der Waals surface area (Å²) in [6.07, 6.45) is 9.46. The van der Waals surface area contributed by atoms with Crippen molar-refractivity contribution in [2.75, 3.05) is 31.5 Å². The fourth-order valence-electron chi connectivity index (χ4n) is 3.98. The third-order valence-corrected chi connectivity index (χ3v) is 5.58. The van der Waals surface area contributed by atoms with Gasteiger partial charge in [0.05, 0.1) is 0 Å². The quantitative estimate of drug-likeness (QED) is 0.711. The van der Waals surface area contributed by atoms with Gasteiger partial charge in [0.15, 0.2) is 0 Å². The van der Waals surface area contributed by atoms with E-state index >= 15 is 0 Å². The van der Waals surface area contributed by atoms with E-state index in [1.165, 1.54) is 57.2 Å². The molecule has 6 heteroatoms. The highest BCUT2D eigenvalue weighted by Gasteiger charge is 2.14. The lowest BCUT2D eigenvalue weighted by Crippen LogP contribution is -2.28. The van der Waals surface area contributed by atoms with E-state index in [0.29, 0.717) is 12.3 Å². The molecule has 0 atom stereocenters. The molecule has 2 heterocycles. The van der Waals surface area contributed by atoms with E-state index in [-0.39, 0.29) is 30.7 Å². The Hall–Kier alpha value is -0.810. The second-order valence-electron chi connectivity index (χ2n) is 7.67. The Morgan fingerprint density at radius 3 is 2.26 bits per heavy atom. The second kappa shape index (κ2) is 13.4. The summed E-state index contributed by atoms with van der Waals surface area (Å²) in [5.41, 5.74) is 2.27. The van der Waals surface area contributed by atoms with E-state index in [1.54, 1.807) is 0 Å². The molecule has 3 rings (SSSR count). The average Bonchev–Trinajstić information content (AvgIpc) is 2.91. The Morgan fingerprint density at radius 1 is 1.00 bits per heavy atom. The molecule has 2 saturated heterocycles. The van der Waals surface area contributed by atoms with E-state index < -0.39 is 0 Å². The molecule has 2 fully saturated rings. The van der Waals surface area contributed by atoms with Crippen molar-refractivity contribution in [3.05, 3.63) is 29.8 Å². The van der Waals surface area contributed by atoms with Gasteiger partial charge in [-0.15, -0.1) is 24.8 Å². The lowest BCUT2D eigenvalue weighted by molar-refractivity contribution is -0.116. The van der Waals surface area contributed by atoms with E-state index in [0.717, 1.165) is 31.7 Å². The number of carbonyl (C=O) groups is 1. The van der Waals surface area contributed by atoms with Gasteiger partial charge in [-0.3, -0.25) is 9.69 Å². The Bertz CT molecular complexity index is 525. The fraction of sp³-hybridized carbons (Fsp3) is 0.667. The highest BCUT2D eigenvalue weighted by molar-refractivity contribution is 5.90. The normalized spacial score (nSPS) is 18.7. The largest absolute Gasteiger partial charge is 0.326 e. The van der Waals surface area contributed by atoms with Gasteiger partial charge in [0.25, 0.3) is 0 Å². The summed E-state index contributed by atoms with van der Waals surface area (Å²) in [6, 6.07) is 8.42. The number of likely N-dealkylation sites (tertiary alicyclic amines) is 1. The van der Waals surface area contributed by atoms with Crippen molar-refractivity contribution in [3.8, 4) is 0 Å². The Balaban J connectivity index is 0.00000182. The van der Waals surface area contributed by atoms with Gasteiger partial charge in [-0.1, -0.05) is 25.0 Å². The van der Waals surface area contributed by atoms with Crippen LogP contribution < -0.4 is 10.6 Å². The van der Waals surface area contributed by atoms with Crippen LogP contribution in [0.4, 0.5) is 5.69 Å². The number of rotatable bonds is 6. The SMILES string of the molecule is Cl.Cl.O=C(CCC1CCNCC1)Nc1ccc(CN2CCCCCC2)cc1. The average molecular weight is 416 g/mol. The molecule has 1 amide bonds. The summed E-state index contributed by atoms with van der Waals surface area (Å²) in [6.45, 7) is 5.67. The van der Waals surface area contributed by atoms with Crippen LogP contribution in [0.25, 0.3) is 0 Å². The first kappa shape index (κ1) is 24.2. The molecule has 0 bridgehead atoms. The number of hydrogen-bond donors (Lipinski definition) is 2. The predicted octanol–water partition coefficient (Wildman–Crippen LogP) is 4.62. The minimum absolute atomic E-state index is 0. The predicted molar refractivity (Wildman–Crippen MR) is 118 cm³/mol. The summed E-state index contributed by atoms with van der Waals surface area (Å²) in [7, 11) is 0. The van der Waals surface area contributed by atoms with Crippen LogP contribution >= 0.6 is 24.8 Å². The van der Waals surface area contributed by atoms with Crippen molar-refractivity contribution in [2.24, 2.45) is 5.92 Å². The molecule has 1 aromatic carbocycles. The van der Waals surface area contributed by atoms with Gasteiger partial charge < -0.3 is 10.6 Å². The molecule has 2 aliphatic rings. The molecule has 0 spiro atoms. The summed E-state index contributed by atoms with van der Waals surface area (Å²) in [5.74, 6) is 0.863. The molecule has 2 N–H and O–H groups in total. The number of nitrogens with zero attached hydrogens (tertiary/aromatic N) is 1. The maximum atomic E-state index is 12.2. The minimum atomic E-state index is 0. The van der Waals surface area contributed by atoms with E-state index in [1.807, 2.05) is 0 Å². The number of halogens is 2. The van der Waals surface area contributed by atoms with Crippen molar-refractivity contribution in [1.82, 2.24) is 10.2 Å². The summed E-state index contributed by atoms with van der Waals surface area (Å²) < 4.78 is 0. The van der Waals surface area contributed by atoms with Crippen molar-refractivity contribution in [2.45, 2.75) is 57.9 Å². The number of amides is 1. The maximum absolute atomic E-state index is 12.2. The van der Waals surface area contributed by atoms with Gasteiger partial charge in [0.1, 0.15) is 0 Å². The first-order valence-corrected chi connectivity index (χ1v) is 10.1. The van der Waals surface area contributed by atoms with Crippen molar-refractivity contribution < 1.29 is 4.79 Å². The van der Waals surface area contributed by atoms with Gasteiger partial charge in [0, 0.05) is 18.7 Å². The van der Waals surface area contributed by atoms with Crippen LogP contribution in [-0.2, 0) is 11.3 Å². The molecule has 0 radical (unpaired) electrons. The number of piperidine rings is 1. The van der Waals surface area contributed by atoms with Crippen LogP contribution in [0.15, 0.2) is 24.3 Å². The van der Waals surface area contributed by atoms with Crippen LogP contribution in [0.1, 0.15) is 56.9 Å². The highest BCUT2D eigenvalue weighted by Crippen LogP contribution is 2.19. The molecular formula is C21H35Cl2N3O. The third-order valence-electron chi connectivity index (χ3n) is 5.58. The molecule has 154 valence electrons. The van der Waals surface area contributed by atoms with Crippen molar-refractivity contribution >= 4 is 36.4 Å². The van der Waals surface area contributed by atoms with Crippen LogP contribution in [0.3, 0.4) is 0 Å². The molecular weight excluding hydrogens is 381 g/mol. The Morgan fingerprint density at radius 2 is 1.63 bits per heavy atom. The first-order chi connectivity index (χ1) is 12.3. The van der Waals surface area contributed by atoms with Crippen LogP contribution in [0.2, 0.25) is 0 Å². The Kier molecular flexibility index (Phi) is 12.0. The number of benzene rings is 1. The topological polar surface area (TPSA) is 44.4 Å².